The highest BCUT2D eigenvalue weighted by Gasteiger charge is 2.21. The fraction of sp³-hybridized carbons (Fsp3) is 0.0909. The molecule has 0 spiro atoms. The van der Waals surface area contributed by atoms with Gasteiger partial charge < -0.3 is 9.73 Å². The molecule has 4 nitrogen and oxygen atoms in total. The lowest BCUT2D eigenvalue weighted by molar-refractivity contribution is 0.0998. The first-order chi connectivity index (χ1) is 13.8. The summed E-state index contributed by atoms with van der Waals surface area (Å²) in [5, 5.41) is 15.2. The summed E-state index contributed by atoms with van der Waals surface area (Å²) < 4.78 is 5.88. The Bertz CT molecular complexity index is 1160. The molecule has 0 aliphatic rings. The van der Waals surface area contributed by atoms with E-state index in [1.807, 2.05) is 42.5 Å². The molecule has 28 heavy (non-hydrogen) atoms. The molecule has 2 aromatic carbocycles. The first-order valence-corrected chi connectivity index (χ1v) is 10.7. The van der Waals surface area contributed by atoms with E-state index >= 15 is 0 Å². The second-order valence-electron chi connectivity index (χ2n) is 6.11. The topological polar surface area (TPSA) is 66.0 Å². The van der Waals surface area contributed by atoms with Gasteiger partial charge in [-0.25, -0.2) is 0 Å². The number of hydrogen-bond donors (Lipinski definition) is 1. The molecule has 4 aromatic rings. The average Bonchev–Trinajstić information content (AvgIpc) is 3.33. The lowest BCUT2D eigenvalue weighted by atomic mass is 10.1. The van der Waals surface area contributed by atoms with E-state index in [2.05, 4.69) is 23.5 Å². The number of nitriles is 1. The van der Waals surface area contributed by atoms with Gasteiger partial charge >= 0.3 is 0 Å². The Morgan fingerprint density at radius 1 is 1.07 bits per heavy atom. The van der Waals surface area contributed by atoms with E-state index in [-0.39, 0.29) is 5.91 Å². The summed E-state index contributed by atoms with van der Waals surface area (Å²) in [5.74, 6) is 1.49. The first-order valence-electron chi connectivity index (χ1n) is 8.67. The minimum Gasteiger partial charge on any atom is -0.451 e. The van der Waals surface area contributed by atoms with Crippen LogP contribution in [0.4, 0.5) is 5.00 Å². The largest absolute Gasteiger partial charge is 0.451 e. The number of rotatable bonds is 6. The van der Waals surface area contributed by atoms with Crippen molar-refractivity contribution in [3.63, 3.8) is 0 Å². The predicted octanol–water partition coefficient (Wildman–Crippen LogP) is 6.05. The maximum atomic E-state index is 12.9. The number of nitrogens with zero attached hydrogens (tertiary/aromatic N) is 1. The van der Waals surface area contributed by atoms with Crippen molar-refractivity contribution in [3.8, 4) is 6.07 Å². The molecule has 1 N–H and O–H groups in total. The number of furan rings is 1. The maximum absolute atomic E-state index is 12.9. The third-order valence-electron chi connectivity index (χ3n) is 4.28. The first kappa shape index (κ1) is 18.4. The summed E-state index contributed by atoms with van der Waals surface area (Å²) in [6.07, 6.45) is 0. The van der Waals surface area contributed by atoms with E-state index in [4.69, 9.17) is 9.68 Å². The Labute approximate surface area is 170 Å². The Morgan fingerprint density at radius 2 is 1.86 bits per heavy atom. The fourth-order valence-corrected chi connectivity index (χ4v) is 4.68. The van der Waals surface area contributed by atoms with Gasteiger partial charge in [0.05, 0.1) is 5.56 Å². The number of anilines is 1. The molecular formula is C22H16N2O2S2. The van der Waals surface area contributed by atoms with Crippen LogP contribution >= 0.6 is 23.1 Å². The van der Waals surface area contributed by atoms with Crippen LogP contribution in [0.15, 0.2) is 70.5 Å². The summed E-state index contributed by atoms with van der Waals surface area (Å²) in [6.45, 7) is 0. The molecule has 0 saturated carbocycles. The second kappa shape index (κ2) is 8.34. The molecule has 0 bridgehead atoms. The zero-order valence-corrected chi connectivity index (χ0v) is 16.5. The van der Waals surface area contributed by atoms with Crippen molar-refractivity contribution in [2.75, 3.05) is 5.32 Å². The van der Waals surface area contributed by atoms with E-state index < -0.39 is 0 Å². The van der Waals surface area contributed by atoms with Gasteiger partial charge in [0.25, 0.3) is 5.91 Å². The van der Waals surface area contributed by atoms with Crippen LogP contribution in [-0.2, 0) is 11.5 Å². The van der Waals surface area contributed by atoms with Crippen LogP contribution in [0.2, 0.25) is 0 Å². The van der Waals surface area contributed by atoms with Gasteiger partial charge in [-0.3, -0.25) is 4.79 Å². The quantitative estimate of drug-likeness (QED) is 0.425. The van der Waals surface area contributed by atoms with E-state index in [9.17, 15) is 4.79 Å². The third kappa shape index (κ3) is 3.81. The fourth-order valence-electron chi connectivity index (χ4n) is 2.92. The molecule has 0 unspecified atom stereocenters. The number of carbonyl (C=O) groups is 1. The van der Waals surface area contributed by atoms with Gasteiger partial charge in [-0.05, 0) is 23.1 Å². The molecule has 0 atom stereocenters. The predicted molar refractivity (Wildman–Crippen MR) is 115 cm³/mol. The summed E-state index contributed by atoms with van der Waals surface area (Å²) >= 11 is 3.06. The molecule has 2 heterocycles. The molecule has 0 radical (unpaired) electrons. The number of thiophene rings is 1. The van der Waals surface area contributed by atoms with Gasteiger partial charge in [0.15, 0.2) is 5.76 Å². The van der Waals surface area contributed by atoms with E-state index in [1.165, 1.54) is 16.9 Å². The molecule has 2 aromatic heterocycles. The molecule has 1 amide bonds. The molecule has 4 rings (SSSR count). The lowest BCUT2D eigenvalue weighted by Crippen LogP contribution is -2.12. The Kier molecular flexibility index (Phi) is 5.47. The van der Waals surface area contributed by atoms with Gasteiger partial charge in [-0.1, -0.05) is 48.5 Å². The number of nitrogens with one attached hydrogen (secondary N) is 1. The van der Waals surface area contributed by atoms with E-state index in [0.29, 0.717) is 27.7 Å². The highest BCUT2D eigenvalue weighted by Crippen LogP contribution is 2.32. The van der Waals surface area contributed by atoms with E-state index in [0.717, 1.165) is 16.7 Å². The minimum atomic E-state index is -0.328. The van der Waals surface area contributed by atoms with Gasteiger partial charge in [-0.15, -0.1) is 11.3 Å². The van der Waals surface area contributed by atoms with Crippen LogP contribution in [0, 0.1) is 11.3 Å². The summed E-state index contributed by atoms with van der Waals surface area (Å²) in [6, 6.07) is 21.7. The molecule has 6 heteroatoms. The van der Waals surface area contributed by atoms with Crippen molar-refractivity contribution in [2.45, 2.75) is 11.5 Å². The van der Waals surface area contributed by atoms with Crippen LogP contribution in [-0.4, -0.2) is 5.91 Å². The number of fused-ring (bicyclic) bond motifs is 1. The van der Waals surface area contributed by atoms with Gasteiger partial charge in [0.2, 0.25) is 0 Å². The number of thioether (sulfide) groups is 1. The summed E-state index contributed by atoms with van der Waals surface area (Å²) in [7, 11) is 0. The zero-order chi connectivity index (χ0) is 19.3. The Hall–Kier alpha value is -3.01. The number of hydrogen-bond acceptors (Lipinski definition) is 5. The monoisotopic (exact) mass is 404 g/mol. The number of amides is 1. The lowest BCUT2D eigenvalue weighted by Gasteiger charge is -2.05. The second-order valence-corrected chi connectivity index (χ2v) is 8.02. The van der Waals surface area contributed by atoms with Crippen LogP contribution in [0.1, 0.15) is 27.2 Å². The van der Waals surface area contributed by atoms with Crippen molar-refractivity contribution in [1.82, 2.24) is 0 Å². The van der Waals surface area contributed by atoms with Gasteiger partial charge in [0.1, 0.15) is 16.7 Å². The van der Waals surface area contributed by atoms with Crippen LogP contribution in [0.5, 0.6) is 0 Å². The van der Waals surface area contributed by atoms with Crippen LogP contribution in [0.3, 0.4) is 0 Å². The van der Waals surface area contributed by atoms with E-state index in [1.54, 1.807) is 23.2 Å². The third-order valence-corrected chi connectivity index (χ3v) is 6.14. The standard InChI is InChI=1S/C22H16N2O2S2/c23-12-16-10-11-28-22(16)24-21(25)20-18(17-8-4-5-9-19(17)26-20)14-27-13-15-6-2-1-3-7-15/h1-11H,13-14H2,(H,24,25). The molecule has 138 valence electrons. The van der Waals surface area contributed by atoms with Gasteiger partial charge in [-0.2, -0.15) is 17.0 Å². The normalized spacial score (nSPS) is 10.7. The highest BCUT2D eigenvalue weighted by molar-refractivity contribution is 7.97. The Morgan fingerprint density at radius 3 is 2.68 bits per heavy atom. The summed E-state index contributed by atoms with van der Waals surface area (Å²) in [5.41, 5.74) is 3.26. The minimum absolute atomic E-state index is 0.305. The molecular weight excluding hydrogens is 388 g/mol. The van der Waals surface area contributed by atoms with Gasteiger partial charge in [0, 0.05) is 22.5 Å². The summed E-state index contributed by atoms with van der Waals surface area (Å²) in [4.78, 5) is 12.9. The Balaban J connectivity index is 1.59. The van der Waals surface area contributed by atoms with Crippen molar-refractivity contribution in [1.29, 1.82) is 5.26 Å². The average molecular weight is 405 g/mol. The molecule has 0 fully saturated rings. The number of carbonyl (C=O) groups excluding carboxylic acids is 1. The molecule has 0 aliphatic heterocycles. The van der Waals surface area contributed by atoms with Crippen molar-refractivity contribution < 1.29 is 9.21 Å². The molecule has 0 saturated heterocycles. The van der Waals surface area contributed by atoms with Crippen molar-refractivity contribution in [3.05, 3.63) is 88.5 Å². The zero-order valence-electron chi connectivity index (χ0n) is 14.8. The molecule has 0 aliphatic carbocycles. The van der Waals surface area contributed by atoms with Crippen LogP contribution < -0.4 is 5.32 Å². The highest BCUT2D eigenvalue weighted by atomic mass is 32.2. The maximum Gasteiger partial charge on any atom is 0.292 e. The van der Waals surface area contributed by atoms with Crippen LogP contribution in [0.25, 0.3) is 11.0 Å². The smallest absolute Gasteiger partial charge is 0.292 e. The van der Waals surface area contributed by atoms with Crippen molar-refractivity contribution in [2.24, 2.45) is 0 Å². The SMILES string of the molecule is N#Cc1ccsc1NC(=O)c1oc2ccccc2c1CSCc1ccccc1. The van der Waals surface area contributed by atoms with Crippen molar-refractivity contribution >= 4 is 45.0 Å². The number of benzene rings is 2. The number of para-hydroxylation sites is 1.